The Kier molecular flexibility index (Phi) is 4.37. The van der Waals surface area contributed by atoms with Gasteiger partial charge in [0.05, 0.1) is 17.7 Å². The van der Waals surface area contributed by atoms with Crippen molar-refractivity contribution in [2.75, 3.05) is 19.6 Å². The normalized spacial score (nSPS) is 20.8. The van der Waals surface area contributed by atoms with Crippen LogP contribution in [0.25, 0.3) is 0 Å². The summed E-state index contributed by atoms with van der Waals surface area (Å²) in [6, 6.07) is 8.10. The second-order valence-electron chi connectivity index (χ2n) is 6.99. The zero-order chi connectivity index (χ0) is 16.4. The van der Waals surface area contributed by atoms with Gasteiger partial charge in [-0.1, -0.05) is 6.07 Å². The summed E-state index contributed by atoms with van der Waals surface area (Å²) >= 11 is 1.76. The molecule has 4 nitrogen and oxygen atoms in total. The van der Waals surface area contributed by atoms with Crippen LogP contribution in [0, 0.1) is 5.41 Å². The summed E-state index contributed by atoms with van der Waals surface area (Å²) in [6.07, 6.45) is 4.79. The largest absolute Gasteiger partial charge is 0.336 e. The molecule has 0 unspecified atom stereocenters. The summed E-state index contributed by atoms with van der Waals surface area (Å²) < 4.78 is 0. The molecule has 0 aromatic carbocycles. The highest BCUT2D eigenvalue weighted by Crippen LogP contribution is 2.42. The second kappa shape index (κ2) is 6.65. The van der Waals surface area contributed by atoms with Crippen LogP contribution >= 0.6 is 11.3 Å². The van der Waals surface area contributed by atoms with Crippen LogP contribution in [0.1, 0.15) is 30.5 Å². The molecule has 4 heterocycles. The lowest BCUT2D eigenvalue weighted by atomic mass is 9.77. The fourth-order valence-corrected chi connectivity index (χ4v) is 4.63. The average molecular weight is 341 g/mol. The van der Waals surface area contributed by atoms with E-state index in [0.29, 0.717) is 12.5 Å². The number of hydrogen-bond donors (Lipinski definition) is 0. The first kappa shape index (κ1) is 15.8. The lowest BCUT2D eigenvalue weighted by Gasteiger charge is -2.37. The number of pyridine rings is 1. The van der Waals surface area contributed by atoms with Crippen molar-refractivity contribution in [2.24, 2.45) is 5.41 Å². The molecule has 1 spiro atoms. The third-order valence-electron chi connectivity index (χ3n) is 5.48. The van der Waals surface area contributed by atoms with Gasteiger partial charge in [0.2, 0.25) is 5.91 Å². The molecule has 0 saturated carbocycles. The van der Waals surface area contributed by atoms with Crippen LogP contribution in [0.5, 0.6) is 0 Å². The Bertz CT molecular complexity index is 678. The van der Waals surface area contributed by atoms with Crippen LogP contribution in [-0.4, -0.2) is 40.3 Å². The minimum Gasteiger partial charge on any atom is -0.336 e. The molecule has 0 bridgehead atoms. The van der Waals surface area contributed by atoms with E-state index < -0.39 is 0 Å². The van der Waals surface area contributed by atoms with Gasteiger partial charge in [-0.3, -0.25) is 14.7 Å². The van der Waals surface area contributed by atoms with E-state index in [2.05, 4.69) is 26.7 Å². The summed E-state index contributed by atoms with van der Waals surface area (Å²) in [6.45, 7) is 4.60. The Hall–Kier alpha value is -1.72. The van der Waals surface area contributed by atoms with Gasteiger partial charge < -0.3 is 4.90 Å². The molecular weight excluding hydrogens is 318 g/mol. The van der Waals surface area contributed by atoms with Gasteiger partial charge in [-0.2, -0.15) is 11.3 Å². The molecule has 5 heteroatoms. The molecule has 2 aliphatic rings. The van der Waals surface area contributed by atoms with E-state index in [1.54, 1.807) is 17.5 Å². The molecule has 2 aromatic rings. The summed E-state index contributed by atoms with van der Waals surface area (Å²) in [5, 5.41) is 4.36. The molecule has 24 heavy (non-hydrogen) atoms. The average Bonchev–Trinajstić information content (AvgIpc) is 3.22. The van der Waals surface area contributed by atoms with Crippen LogP contribution in [0.15, 0.2) is 41.2 Å². The van der Waals surface area contributed by atoms with E-state index in [0.717, 1.165) is 51.1 Å². The number of amides is 1. The number of thiophene rings is 1. The van der Waals surface area contributed by atoms with Crippen LogP contribution < -0.4 is 0 Å². The Morgan fingerprint density at radius 3 is 2.62 bits per heavy atom. The van der Waals surface area contributed by atoms with Crippen molar-refractivity contribution in [1.82, 2.24) is 14.8 Å². The Labute approximate surface area is 147 Å². The Morgan fingerprint density at radius 2 is 1.92 bits per heavy atom. The van der Waals surface area contributed by atoms with Crippen molar-refractivity contribution in [1.29, 1.82) is 0 Å². The number of carbonyl (C=O) groups excluding carboxylic acids is 1. The minimum atomic E-state index is -0.111. The zero-order valence-electron chi connectivity index (χ0n) is 13.9. The highest BCUT2D eigenvalue weighted by atomic mass is 32.1. The predicted molar refractivity (Wildman–Crippen MR) is 95.5 cm³/mol. The predicted octanol–water partition coefficient (Wildman–Crippen LogP) is 3.16. The highest BCUT2D eigenvalue weighted by molar-refractivity contribution is 7.07. The Morgan fingerprint density at radius 1 is 1.08 bits per heavy atom. The third-order valence-corrected chi connectivity index (χ3v) is 6.21. The van der Waals surface area contributed by atoms with Gasteiger partial charge in [-0.25, -0.2) is 0 Å². The molecule has 0 N–H and O–H groups in total. The highest BCUT2D eigenvalue weighted by Gasteiger charge is 2.47. The van der Waals surface area contributed by atoms with E-state index in [1.807, 2.05) is 23.1 Å². The maximum absolute atomic E-state index is 13.0. The molecule has 2 saturated heterocycles. The molecule has 0 radical (unpaired) electrons. The minimum absolute atomic E-state index is 0.111. The van der Waals surface area contributed by atoms with Crippen LogP contribution in [0.3, 0.4) is 0 Å². The molecule has 1 amide bonds. The van der Waals surface area contributed by atoms with E-state index in [4.69, 9.17) is 0 Å². The molecule has 0 aliphatic carbocycles. The van der Waals surface area contributed by atoms with E-state index in [-0.39, 0.29) is 5.41 Å². The zero-order valence-corrected chi connectivity index (χ0v) is 14.7. The van der Waals surface area contributed by atoms with Crippen molar-refractivity contribution in [3.63, 3.8) is 0 Å². The monoisotopic (exact) mass is 341 g/mol. The topological polar surface area (TPSA) is 36.4 Å². The van der Waals surface area contributed by atoms with Crippen LogP contribution in [0.2, 0.25) is 0 Å². The second-order valence-corrected chi connectivity index (χ2v) is 7.77. The Balaban J connectivity index is 1.36. The summed E-state index contributed by atoms with van der Waals surface area (Å²) in [5.41, 5.74) is 2.27. The van der Waals surface area contributed by atoms with E-state index >= 15 is 0 Å². The van der Waals surface area contributed by atoms with Gasteiger partial charge in [0, 0.05) is 19.3 Å². The fraction of sp³-hybridized carbons (Fsp3) is 0.474. The smallest absolute Gasteiger partial charge is 0.229 e. The first-order valence-electron chi connectivity index (χ1n) is 8.68. The van der Waals surface area contributed by atoms with E-state index in [1.165, 1.54) is 5.56 Å². The van der Waals surface area contributed by atoms with Gasteiger partial charge in [-0.15, -0.1) is 0 Å². The number of hydrogen-bond acceptors (Lipinski definition) is 4. The van der Waals surface area contributed by atoms with Gasteiger partial charge in [0.25, 0.3) is 0 Å². The summed E-state index contributed by atoms with van der Waals surface area (Å²) in [4.78, 5) is 21.9. The van der Waals surface area contributed by atoms with Crippen molar-refractivity contribution in [3.8, 4) is 0 Å². The van der Waals surface area contributed by atoms with Gasteiger partial charge in [-0.05, 0) is 66.9 Å². The SMILES string of the molecule is O=C1N(Cc2ccccn2)CCC12CCN(Cc1ccsc1)CC2. The molecule has 2 fully saturated rings. The lowest BCUT2D eigenvalue weighted by Crippen LogP contribution is -2.44. The number of nitrogens with zero attached hydrogens (tertiary/aromatic N) is 3. The number of rotatable bonds is 4. The standard InChI is InChI=1S/C19H23N3OS/c23-18-19(7-11-22(18)14-17-3-1-2-8-20-17)5-9-21(10-6-19)13-16-4-12-24-15-16/h1-4,8,12,15H,5-7,9-11,13-14H2. The van der Waals surface area contributed by atoms with Crippen molar-refractivity contribution >= 4 is 17.2 Å². The number of piperidine rings is 1. The van der Waals surface area contributed by atoms with Gasteiger partial charge in [0.1, 0.15) is 0 Å². The summed E-state index contributed by atoms with van der Waals surface area (Å²) in [5.74, 6) is 0.350. The van der Waals surface area contributed by atoms with Crippen molar-refractivity contribution in [2.45, 2.75) is 32.4 Å². The molecule has 2 aromatic heterocycles. The van der Waals surface area contributed by atoms with Gasteiger partial charge >= 0.3 is 0 Å². The quantitative estimate of drug-likeness (QED) is 0.857. The first-order chi connectivity index (χ1) is 11.8. The molecule has 4 rings (SSSR count). The lowest BCUT2D eigenvalue weighted by molar-refractivity contribution is -0.139. The van der Waals surface area contributed by atoms with Crippen molar-refractivity contribution in [3.05, 3.63) is 52.5 Å². The molecule has 0 atom stereocenters. The first-order valence-corrected chi connectivity index (χ1v) is 9.62. The number of carbonyl (C=O) groups is 1. The number of aromatic nitrogens is 1. The molecular formula is C19H23N3OS. The summed E-state index contributed by atoms with van der Waals surface area (Å²) in [7, 11) is 0. The molecule has 2 aliphatic heterocycles. The van der Waals surface area contributed by atoms with E-state index in [9.17, 15) is 4.79 Å². The third kappa shape index (κ3) is 3.10. The van der Waals surface area contributed by atoms with Crippen molar-refractivity contribution < 1.29 is 4.79 Å². The van der Waals surface area contributed by atoms with Crippen LogP contribution in [0.4, 0.5) is 0 Å². The maximum atomic E-state index is 13.0. The fourth-order valence-electron chi connectivity index (χ4n) is 3.97. The van der Waals surface area contributed by atoms with Crippen LogP contribution in [-0.2, 0) is 17.9 Å². The molecule has 126 valence electrons. The van der Waals surface area contributed by atoms with Gasteiger partial charge in [0.15, 0.2) is 0 Å². The number of likely N-dealkylation sites (tertiary alicyclic amines) is 2. The maximum Gasteiger partial charge on any atom is 0.229 e.